The number of hydrogen-bond donors (Lipinski definition) is 3. The predicted molar refractivity (Wildman–Crippen MR) is 94.4 cm³/mol. The van der Waals surface area contributed by atoms with E-state index in [1.54, 1.807) is 0 Å². The molecule has 1 saturated carbocycles. The Morgan fingerprint density at radius 3 is 2.71 bits per heavy atom. The number of hydrazine groups is 1. The number of aryl methyl sites for hydroxylation is 2. The Labute approximate surface area is 142 Å². The van der Waals surface area contributed by atoms with Crippen LogP contribution in [0.25, 0.3) is 0 Å². The average Bonchev–Trinajstić information content (AvgIpc) is 3.23. The molecule has 1 aliphatic rings. The molecule has 0 radical (unpaired) electrons. The fourth-order valence-electron chi connectivity index (χ4n) is 1.66. The summed E-state index contributed by atoms with van der Waals surface area (Å²) in [6.07, 6.45) is 2.29. The van der Waals surface area contributed by atoms with E-state index in [0.717, 1.165) is 33.3 Å². The number of carbonyl (C=O) groups excluding carboxylic acids is 1. The molecule has 0 saturated heterocycles. The van der Waals surface area contributed by atoms with Gasteiger partial charge in [0, 0.05) is 15.4 Å². The van der Waals surface area contributed by atoms with Crippen molar-refractivity contribution >= 4 is 50.9 Å². The normalized spacial score (nSPS) is 13.7. The van der Waals surface area contributed by atoms with Crippen molar-refractivity contribution in [2.75, 3.05) is 5.75 Å². The molecule has 0 bridgehead atoms. The molecule has 0 aromatic heterocycles. The number of nitrogens with one attached hydrogen (secondary N) is 3. The third-order valence-corrected chi connectivity index (χ3v) is 5.27. The minimum Gasteiger partial charge on any atom is -0.359 e. The third kappa shape index (κ3) is 5.48. The van der Waals surface area contributed by atoms with Gasteiger partial charge in [-0.05, 0) is 62.2 Å². The highest BCUT2D eigenvalue weighted by Gasteiger charge is 2.21. The standard InChI is InChI=1S/C14H18BrN3OS2/c1-8-6-12(9(2)5-11(8)15)21-7-13(19)17-18-14(20)16-10-3-4-10/h5-6,10H,3-4,7H2,1-2H3,(H,17,19)(H2,16,18,20). The summed E-state index contributed by atoms with van der Waals surface area (Å²) in [5.41, 5.74) is 7.65. The van der Waals surface area contributed by atoms with Gasteiger partial charge in [0.1, 0.15) is 0 Å². The molecule has 1 aromatic rings. The zero-order valence-corrected chi connectivity index (χ0v) is 15.2. The molecule has 7 heteroatoms. The number of carbonyl (C=O) groups is 1. The molecular formula is C14H18BrN3OS2. The van der Waals surface area contributed by atoms with Crippen LogP contribution in [0.5, 0.6) is 0 Å². The van der Waals surface area contributed by atoms with Gasteiger partial charge in [-0.2, -0.15) is 0 Å². The zero-order valence-electron chi connectivity index (χ0n) is 12.0. The maximum Gasteiger partial charge on any atom is 0.248 e. The van der Waals surface area contributed by atoms with Crippen LogP contribution >= 0.6 is 39.9 Å². The first kappa shape index (κ1) is 16.6. The van der Waals surface area contributed by atoms with Gasteiger partial charge in [0.2, 0.25) is 5.91 Å². The molecule has 0 atom stereocenters. The average molecular weight is 388 g/mol. The Hall–Kier alpha value is -0.790. The summed E-state index contributed by atoms with van der Waals surface area (Å²) in [5.74, 6) is 0.251. The molecule has 114 valence electrons. The van der Waals surface area contributed by atoms with Crippen molar-refractivity contribution in [3.05, 3.63) is 27.7 Å². The molecule has 0 aliphatic heterocycles. The van der Waals surface area contributed by atoms with Crippen molar-refractivity contribution in [3.63, 3.8) is 0 Å². The van der Waals surface area contributed by atoms with Gasteiger partial charge in [-0.15, -0.1) is 11.8 Å². The van der Waals surface area contributed by atoms with Crippen molar-refractivity contribution in [1.82, 2.24) is 16.2 Å². The first-order valence-corrected chi connectivity index (χ1v) is 8.89. The highest BCUT2D eigenvalue weighted by atomic mass is 79.9. The van der Waals surface area contributed by atoms with Crippen LogP contribution in [0.15, 0.2) is 21.5 Å². The van der Waals surface area contributed by atoms with Crippen LogP contribution in [-0.4, -0.2) is 22.8 Å². The first-order chi connectivity index (χ1) is 9.95. The number of hydrogen-bond acceptors (Lipinski definition) is 3. The number of thioether (sulfide) groups is 1. The van der Waals surface area contributed by atoms with Gasteiger partial charge in [-0.1, -0.05) is 15.9 Å². The maximum absolute atomic E-state index is 11.8. The van der Waals surface area contributed by atoms with Crippen molar-refractivity contribution in [1.29, 1.82) is 0 Å². The predicted octanol–water partition coefficient (Wildman–Crippen LogP) is 2.82. The Balaban J connectivity index is 1.75. The van der Waals surface area contributed by atoms with Crippen LogP contribution in [0.2, 0.25) is 0 Å². The minimum absolute atomic E-state index is 0.0973. The fraction of sp³-hybridized carbons (Fsp3) is 0.429. The molecular weight excluding hydrogens is 370 g/mol. The molecule has 0 heterocycles. The lowest BCUT2D eigenvalue weighted by Gasteiger charge is -2.11. The Morgan fingerprint density at radius 1 is 1.33 bits per heavy atom. The van der Waals surface area contributed by atoms with Gasteiger partial charge < -0.3 is 5.32 Å². The molecule has 1 aliphatic carbocycles. The van der Waals surface area contributed by atoms with Gasteiger partial charge in [0.15, 0.2) is 5.11 Å². The molecule has 1 amide bonds. The highest BCUT2D eigenvalue weighted by Crippen LogP contribution is 2.28. The molecule has 2 rings (SSSR count). The van der Waals surface area contributed by atoms with Gasteiger partial charge in [0.05, 0.1) is 5.75 Å². The Kier molecular flexibility index (Phi) is 5.89. The molecule has 1 fully saturated rings. The molecule has 0 unspecified atom stereocenters. The molecule has 4 nitrogen and oxygen atoms in total. The smallest absolute Gasteiger partial charge is 0.248 e. The van der Waals surface area contributed by atoms with Crippen LogP contribution in [-0.2, 0) is 4.79 Å². The third-order valence-electron chi connectivity index (χ3n) is 3.04. The Bertz CT molecular complexity index is 561. The number of thiocarbonyl (C=S) groups is 1. The van der Waals surface area contributed by atoms with E-state index in [2.05, 4.69) is 44.2 Å². The van der Waals surface area contributed by atoms with Crippen LogP contribution in [0, 0.1) is 13.8 Å². The molecule has 1 aromatic carbocycles. The Morgan fingerprint density at radius 2 is 2.05 bits per heavy atom. The number of amides is 1. The summed E-state index contributed by atoms with van der Waals surface area (Å²) < 4.78 is 1.09. The topological polar surface area (TPSA) is 53.2 Å². The van der Waals surface area contributed by atoms with Crippen molar-refractivity contribution in [3.8, 4) is 0 Å². The zero-order chi connectivity index (χ0) is 15.4. The van der Waals surface area contributed by atoms with Gasteiger partial charge >= 0.3 is 0 Å². The van der Waals surface area contributed by atoms with E-state index < -0.39 is 0 Å². The quantitative estimate of drug-likeness (QED) is 0.421. The molecule has 21 heavy (non-hydrogen) atoms. The van der Waals surface area contributed by atoms with E-state index in [-0.39, 0.29) is 5.91 Å². The fourth-order valence-corrected chi connectivity index (χ4v) is 3.25. The van der Waals surface area contributed by atoms with Crippen LogP contribution < -0.4 is 16.2 Å². The highest BCUT2D eigenvalue weighted by molar-refractivity contribution is 9.10. The van der Waals surface area contributed by atoms with Crippen LogP contribution in [0.3, 0.4) is 0 Å². The minimum atomic E-state index is -0.0973. The van der Waals surface area contributed by atoms with Gasteiger partial charge in [-0.25, -0.2) is 0 Å². The monoisotopic (exact) mass is 387 g/mol. The van der Waals surface area contributed by atoms with E-state index in [1.807, 2.05) is 13.8 Å². The van der Waals surface area contributed by atoms with Crippen LogP contribution in [0.1, 0.15) is 24.0 Å². The van der Waals surface area contributed by atoms with E-state index in [1.165, 1.54) is 11.8 Å². The van der Waals surface area contributed by atoms with E-state index in [9.17, 15) is 4.79 Å². The van der Waals surface area contributed by atoms with Gasteiger partial charge in [-0.3, -0.25) is 15.6 Å². The summed E-state index contributed by atoms with van der Waals surface area (Å²) in [6.45, 7) is 4.08. The van der Waals surface area contributed by atoms with Crippen LogP contribution in [0.4, 0.5) is 0 Å². The lowest BCUT2D eigenvalue weighted by Crippen LogP contribution is -2.47. The first-order valence-electron chi connectivity index (χ1n) is 6.70. The SMILES string of the molecule is Cc1cc(SCC(=O)NNC(=S)NC2CC2)c(C)cc1Br. The second kappa shape index (κ2) is 7.47. The van der Waals surface area contributed by atoms with Crippen molar-refractivity contribution < 1.29 is 4.79 Å². The summed E-state index contributed by atoms with van der Waals surface area (Å²) >= 11 is 10.1. The maximum atomic E-state index is 11.8. The summed E-state index contributed by atoms with van der Waals surface area (Å²) in [4.78, 5) is 12.9. The van der Waals surface area contributed by atoms with E-state index in [0.29, 0.717) is 16.9 Å². The summed E-state index contributed by atoms with van der Waals surface area (Å²) in [7, 11) is 0. The lowest BCUT2D eigenvalue weighted by atomic mass is 10.2. The second-order valence-electron chi connectivity index (χ2n) is 5.08. The number of rotatable bonds is 4. The van der Waals surface area contributed by atoms with E-state index in [4.69, 9.17) is 12.2 Å². The van der Waals surface area contributed by atoms with Gasteiger partial charge in [0.25, 0.3) is 0 Å². The van der Waals surface area contributed by atoms with Crippen molar-refractivity contribution in [2.45, 2.75) is 37.6 Å². The number of halogens is 1. The van der Waals surface area contributed by atoms with Crippen molar-refractivity contribution in [2.24, 2.45) is 0 Å². The summed E-state index contributed by atoms with van der Waals surface area (Å²) in [6, 6.07) is 4.64. The molecule has 3 N–H and O–H groups in total. The molecule has 0 spiro atoms. The second-order valence-corrected chi connectivity index (χ2v) is 7.36. The van der Waals surface area contributed by atoms with E-state index >= 15 is 0 Å². The summed E-state index contributed by atoms with van der Waals surface area (Å²) in [5, 5.41) is 3.58. The lowest BCUT2D eigenvalue weighted by molar-refractivity contribution is -0.119. The number of benzene rings is 1. The largest absolute Gasteiger partial charge is 0.359 e.